The number of pyridine rings is 1. The Morgan fingerprint density at radius 2 is 2.21 bits per heavy atom. The van der Waals surface area contributed by atoms with E-state index in [-0.39, 0.29) is 22.5 Å². The molecule has 1 saturated carbocycles. The van der Waals surface area contributed by atoms with Crippen LogP contribution in [0.4, 0.5) is 10.1 Å². The average Bonchev–Trinajstić information content (AvgIpc) is 2.64. The Kier molecular flexibility index (Phi) is 4.00. The maximum Gasteiger partial charge on any atom is 0.341 e. The van der Waals surface area contributed by atoms with E-state index in [0.717, 1.165) is 30.8 Å². The first-order valence-electron chi connectivity index (χ1n) is 9.68. The van der Waals surface area contributed by atoms with Gasteiger partial charge in [0.15, 0.2) is 0 Å². The van der Waals surface area contributed by atoms with Gasteiger partial charge in [-0.1, -0.05) is 0 Å². The number of aromatic carboxylic acids is 1. The molecule has 2 aliphatic heterocycles. The second kappa shape index (κ2) is 6.22. The van der Waals surface area contributed by atoms with Crippen molar-refractivity contribution in [1.29, 1.82) is 0 Å². The molecule has 148 valence electrons. The predicted octanol–water partition coefficient (Wildman–Crippen LogP) is 2.84. The molecule has 0 amide bonds. The van der Waals surface area contributed by atoms with Crippen molar-refractivity contribution in [2.45, 2.75) is 42.7 Å². The molecule has 3 aliphatic rings. The maximum absolute atomic E-state index is 15.3. The summed E-state index contributed by atoms with van der Waals surface area (Å²) in [7, 11) is 0. The van der Waals surface area contributed by atoms with Crippen molar-refractivity contribution in [1.82, 2.24) is 9.88 Å². The lowest BCUT2D eigenvalue weighted by Gasteiger charge is -2.50. The van der Waals surface area contributed by atoms with Gasteiger partial charge in [0.25, 0.3) is 0 Å². The predicted molar refractivity (Wildman–Crippen MR) is 107 cm³/mol. The highest BCUT2D eigenvalue weighted by Gasteiger charge is 2.42. The number of anilines is 1. The first-order chi connectivity index (χ1) is 13.4. The van der Waals surface area contributed by atoms with Crippen LogP contribution in [0.1, 0.15) is 42.6 Å². The number of rotatable bonds is 2. The number of hydrogen-bond acceptors (Lipinski definition) is 5. The molecule has 1 aromatic carbocycles. The Hall–Kier alpha value is -2.06. The molecule has 3 heterocycles. The van der Waals surface area contributed by atoms with E-state index < -0.39 is 17.2 Å². The molecule has 28 heavy (non-hydrogen) atoms. The van der Waals surface area contributed by atoms with Crippen molar-refractivity contribution < 1.29 is 14.3 Å². The Bertz CT molecular complexity index is 1060. The second-order valence-electron chi connectivity index (χ2n) is 8.16. The number of thioether (sulfide) groups is 1. The highest BCUT2D eigenvalue weighted by atomic mass is 32.2. The number of piperazine rings is 1. The number of nitrogens with zero attached hydrogens (tertiary/aromatic N) is 2. The third kappa shape index (κ3) is 2.50. The van der Waals surface area contributed by atoms with Gasteiger partial charge >= 0.3 is 5.97 Å². The van der Waals surface area contributed by atoms with E-state index in [1.165, 1.54) is 18.7 Å². The van der Waals surface area contributed by atoms with Gasteiger partial charge in [-0.2, -0.15) is 0 Å². The van der Waals surface area contributed by atoms with E-state index in [2.05, 4.69) is 10.2 Å². The molecule has 1 atom stereocenters. The molecule has 2 aromatic rings. The van der Waals surface area contributed by atoms with Crippen molar-refractivity contribution in [3.63, 3.8) is 0 Å². The van der Waals surface area contributed by atoms with E-state index in [4.69, 9.17) is 0 Å². The second-order valence-corrected chi connectivity index (χ2v) is 9.19. The van der Waals surface area contributed by atoms with Crippen LogP contribution in [-0.4, -0.2) is 46.6 Å². The van der Waals surface area contributed by atoms with Crippen LogP contribution in [0.2, 0.25) is 0 Å². The average molecular weight is 403 g/mol. The van der Waals surface area contributed by atoms with Gasteiger partial charge in [-0.15, -0.1) is 11.8 Å². The molecule has 1 saturated heterocycles. The summed E-state index contributed by atoms with van der Waals surface area (Å²) in [5, 5.41) is 13.2. The highest BCUT2D eigenvalue weighted by molar-refractivity contribution is 7.99. The van der Waals surface area contributed by atoms with E-state index in [9.17, 15) is 14.7 Å². The number of nitrogens with one attached hydrogen (secondary N) is 1. The van der Waals surface area contributed by atoms with Crippen molar-refractivity contribution in [3.05, 3.63) is 33.9 Å². The van der Waals surface area contributed by atoms with Gasteiger partial charge in [0.2, 0.25) is 5.43 Å². The fraction of sp³-hybridized carbons (Fsp3) is 0.500. The zero-order valence-electron chi connectivity index (χ0n) is 15.6. The molecular weight excluding hydrogens is 381 g/mol. The fourth-order valence-corrected chi connectivity index (χ4v) is 6.03. The Balaban J connectivity index is 1.74. The van der Waals surface area contributed by atoms with Gasteiger partial charge in [0.05, 0.1) is 21.5 Å². The van der Waals surface area contributed by atoms with E-state index >= 15 is 4.39 Å². The van der Waals surface area contributed by atoms with Crippen LogP contribution in [0.25, 0.3) is 10.9 Å². The van der Waals surface area contributed by atoms with Gasteiger partial charge in [-0.3, -0.25) is 4.79 Å². The molecule has 1 aromatic heterocycles. The molecule has 1 spiro atoms. The molecule has 5 rings (SSSR count). The van der Waals surface area contributed by atoms with Crippen molar-refractivity contribution in [3.8, 4) is 0 Å². The third-order valence-corrected chi connectivity index (χ3v) is 7.70. The lowest BCUT2D eigenvalue weighted by Crippen LogP contribution is -2.64. The van der Waals surface area contributed by atoms with Crippen molar-refractivity contribution >= 4 is 34.3 Å². The summed E-state index contributed by atoms with van der Waals surface area (Å²) in [6.07, 6.45) is 4.82. The fourth-order valence-electron chi connectivity index (χ4n) is 4.74. The summed E-state index contributed by atoms with van der Waals surface area (Å²) >= 11 is 1.56. The van der Waals surface area contributed by atoms with Crippen LogP contribution < -0.4 is 15.6 Å². The highest BCUT2D eigenvalue weighted by Crippen LogP contribution is 2.45. The summed E-state index contributed by atoms with van der Waals surface area (Å²) in [5.74, 6) is -1.01. The molecule has 1 unspecified atom stereocenters. The number of aromatic nitrogens is 1. The van der Waals surface area contributed by atoms with E-state index in [1.807, 2.05) is 11.5 Å². The molecule has 2 fully saturated rings. The van der Waals surface area contributed by atoms with Crippen LogP contribution in [0.15, 0.2) is 22.0 Å². The largest absolute Gasteiger partial charge is 0.477 e. The molecule has 0 bridgehead atoms. The number of halogens is 1. The zero-order valence-corrected chi connectivity index (χ0v) is 16.4. The molecular formula is C20H22FN3O3S. The van der Waals surface area contributed by atoms with E-state index in [0.29, 0.717) is 23.5 Å². The number of benzene rings is 1. The Morgan fingerprint density at radius 1 is 1.43 bits per heavy atom. The lowest BCUT2D eigenvalue weighted by atomic mass is 9.75. The maximum atomic E-state index is 15.3. The van der Waals surface area contributed by atoms with Crippen LogP contribution in [0, 0.1) is 5.82 Å². The summed E-state index contributed by atoms with van der Waals surface area (Å²) in [6, 6.07) is 1.27. The number of carbonyl (C=O) groups is 1. The topological polar surface area (TPSA) is 74.6 Å². The lowest BCUT2D eigenvalue weighted by molar-refractivity contribution is 0.0694. The normalized spacial score (nSPS) is 23.1. The minimum absolute atomic E-state index is 0.0259. The SMILES string of the molecule is CC1CSc2c(N3CCNC4(CCC4)C3)c(F)cc3c(=O)c(C(=O)O)cn1c23. The third-order valence-electron chi connectivity index (χ3n) is 6.37. The number of carboxylic acids is 1. The number of hydrogen-bond donors (Lipinski definition) is 2. The van der Waals surface area contributed by atoms with Crippen LogP contribution >= 0.6 is 11.8 Å². The monoisotopic (exact) mass is 403 g/mol. The van der Waals surface area contributed by atoms with Gasteiger partial charge < -0.3 is 19.9 Å². The molecule has 8 heteroatoms. The van der Waals surface area contributed by atoms with Crippen LogP contribution in [0.3, 0.4) is 0 Å². The minimum Gasteiger partial charge on any atom is -0.477 e. The van der Waals surface area contributed by atoms with Crippen LogP contribution in [-0.2, 0) is 0 Å². The van der Waals surface area contributed by atoms with E-state index in [1.54, 1.807) is 11.8 Å². The van der Waals surface area contributed by atoms with Crippen LogP contribution in [0.5, 0.6) is 0 Å². The smallest absolute Gasteiger partial charge is 0.341 e. The zero-order chi connectivity index (χ0) is 19.6. The van der Waals surface area contributed by atoms with Gasteiger partial charge in [0, 0.05) is 43.2 Å². The first kappa shape index (κ1) is 18.0. The summed E-state index contributed by atoms with van der Waals surface area (Å²) in [5.41, 5.74) is 0.381. The van der Waals surface area contributed by atoms with Gasteiger partial charge in [-0.25, -0.2) is 9.18 Å². The molecule has 6 nitrogen and oxygen atoms in total. The molecule has 2 N–H and O–H groups in total. The summed E-state index contributed by atoms with van der Waals surface area (Å²) in [6.45, 7) is 4.27. The van der Waals surface area contributed by atoms with Crippen molar-refractivity contribution in [2.75, 3.05) is 30.3 Å². The Labute approximate surface area is 165 Å². The summed E-state index contributed by atoms with van der Waals surface area (Å²) < 4.78 is 17.2. The number of carboxylic acid groups (broad SMARTS) is 1. The minimum atomic E-state index is -1.28. The standard InChI is InChI=1S/C20H22FN3O3S/c1-11-9-28-18-15-12(17(25)13(19(26)27)8-24(11)15)7-14(21)16(18)23-6-5-22-20(10-23)3-2-4-20/h7-8,11,22H,2-6,9-10H2,1H3,(H,26,27). The first-order valence-corrected chi connectivity index (χ1v) is 10.7. The van der Waals surface area contributed by atoms with Crippen molar-refractivity contribution in [2.24, 2.45) is 0 Å². The molecule has 0 radical (unpaired) electrons. The quantitative estimate of drug-likeness (QED) is 0.803. The Morgan fingerprint density at radius 3 is 2.89 bits per heavy atom. The summed E-state index contributed by atoms with van der Waals surface area (Å²) in [4.78, 5) is 27.1. The molecule has 1 aliphatic carbocycles. The van der Waals surface area contributed by atoms with Gasteiger partial charge in [0.1, 0.15) is 11.4 Å². The van der Waals surface area contributed by atoms with Gasteiger partial charge in [-0.05, 0) is 32.3 Å².